The summed E-state index contributed by atoms with van der Waals surface area (Å²) < 4.78 is 12.8. The predicted molar refractivity (Wildman–Crippen MR) is 281 cm³/mol. The van der Waals surface area contributed by atoms with Gasteiger partial charge in [-0.25, -0.2) is 14.8 Å². The molecule has 2 N–H and O–H groups in total. The van der Waals surface area contributed by atoms with Crippen LogP contribution >= 0.6 is 0 Å². The summed E-state index contributed by atoms with van der Waals surface area (Å²) in [5.74, 6) is 0.875. The largest absolute Gasteiger partial charge is 0.465 e. The van der Waals surface area contributed by atoms with Crippen molar-refractivity contribution in [2.24, 2.45) is 0 Å². The Morgan fingerprint density at radius 2 is 1.09 bits per heavy atom. The Morgan fingerprint density at radius 3 is 1.57 bits per heavy atom. The number of hydrogen-bond acceptors (Lipinski definition) is 5. The quantitative estimate of drug-likeness (QED) is 0.0838. The third kappa shape index (κ3) is 9.32. The van der Waals surface area contributed by atoms with Crippen LogP contribution in [0.4, 0.5) is 0 Å². The van der Waals surface area contributed by atoms with Crippen molar-refractivity contribution in [3.05, 3.63) is 116 Å². The zero-order chi connectivity index (χ0) is 47.8. The Morgan fingerprint density at radius 1 is 0.612 bits per heavy atom. The Balaban J connectivity index is 1.50. The summed E-state index contributed by atoms with van der Waals surface area (Å²) in [7, 11) is 1.45. The predicted octanol–water partition coefficient (Wildman–Crippen LogP) is 16.3. The molecule has 0 spiro atoms. The summed E-state index contributed by atoms with van der Waals surface area (Å²) in [5, 5.41) is 0. The van der Waals surface area contributed by atoms with Crippen molar-refractivity contribution in [3.8, 4) is 22.6 Å². The summed E-state index contributed by atoms with van der Waals surface area (Å²) >= 11 is 0. The van der Waals surface area contributed by atoms with Gasteiger partial charge in [0, 0.05) is 66.4 Å². The standard InChI is InChI=1S/C60H74N4O3/c1-13-16-19-22-38-45-27-29-47(61-45)39(23-20-17-14-2)49-31-33-51(63-49)53(52-34-32-50(64-52)40(24-21-18-15-3)48-30-28-46(38)62-48)41-25-26-43(59(7,8)9)54-56(41)67-55-42(57(65)66-12)35-37(58(4,5)6)36-44(55)60(54,10)11/h25-36,61,64H,13-24H2,1-12H3. The van der Waals surface area contributed by atoms with Gasteiger partial charge in [-0.1, -0.05) is 133 Å². The number of methoxy groups -OCH3 is 1. The minimum absolute atomic E-state index is 0.218. The van der Waals surface area contributed by atoms with E-state index in [-0.39, 0.29) is 10.8 Å². The zero-order valence-electron chi connectivity index (χ0n) is 42.5. The second kappa shape index (κ2) is 19.1. The summed E-state index contributed by atoms with van der Waals surface area (Å²) in [5.41, 5.74) is 17.5. The molecule has 67 heavy (non-hydrogen) atoms. The number of benzene rings is 2. The molecule has 6 heterocycles. The SMILES string of the molecule is CCCCCc1c2nc(c(CCCCC)c3ccc([nH]3)c(-c3ccc(C(C)(C)C)c4c3Oc3c(C(=O)OC)cc(C(C)(C)C)cc3C4(C)C)c3nc(c(CCCCC)c4ccc1[nH]4)C=C3)C=C2. The lowest BCUT2D eigenvalue weighted by Gasteiger charge is -2.41. The number of nitrogens with zero attached hydrogens (tertiary/aromatic N) is 2. The average molecular weight is 899 g/mol. The minimum atomic E-state index is -0.560. The number of rotatable bonds is 14. The van der Waals surface area contributed by atoms with Gasteiger partial charge in [0.15, 0.2) is 0 Å². The molecule has 7 nitrogen and oxygen atoms in total. The highest BCUT2D eigenvalue weighted by molar-refractivity contribution is 5.97. The minimum Gasteiger partial charge on any atom is -0.465 e. The number of carbonyl (C=O) groups excluding carboxylic acids is 1. The Bertz CT molecular complexity index is 2920. The first-order chi connectivity index (χ1) is 32.0. The van der Waals surface area contributed by atoms with Crippen molar-refractivity contribution in [2.45, 2.75) is 169 Å². The highest BCUT2D eigenvalue weighted by atomic mass is 16.5. The first kappa shape index (κ1) is 47.8. The number of esters is 1. The van der Waals surface area contributed by atoms with Crippen LogP contribution in [0.5, 0.6) is 11.5 Å². The Kier molecular flexibility index (Phi) is 13.6. The van der Waals surface area contributed by atoms with Crippen LogP contribution in [0.3, 0.4) is 0 Å². The Hall–Kier alpha value is -5.69. The number of unbranched alkanes of at least 4 members (excludes halogenated alkanes) is 6. The first-order valence-corrected chi connectivity index (χ1v) is 25.3. The van der Waals surface area contributed by atoms with Crippen molar-refractivity contribution in [1.29, 1.82) is 0 Å². The number of aromatic amines is 2. The second-order valence-corrected chi connectivity index (χ2v) is 21.7. The summed E-state index contributed by atoms with van der Waals surface area (Å²) in [6.07, 6.45) is 21.8. The van der Waals surface area contributed by atoms with Gasteiger partial charge in [-0.15, -0.1) is 0 Å². The normalized spacial score (nSPS) is 14.0. The van der Waals surface area contributed by atoms with E-state index >= 15 is 0 Å². The van der Waals surface area contributed by atoms with Crippen LogP contribution in [0.25, 0.3) is 57.5 Å². The summed E-state index contributed by atoms with van der Waals surface area (Å²) in [4.78, 5) is 32.9. The number of hydrogen-bond donors (Lipinski definition) is 2. The van der Waals surface area contributed by atoms with E-state index in [1.54, 1.807) is 0 Å². The molecule has 7 heteroatoms. The van der Waals surface area contributed by atoms with E-state index in [0.29, 0.717) is 11.3 Å². The lowest BCUT2D eigenvalue weighted by molar-refractivity contribution is 0.0597. The fourth-order valence-corrected chi connectivity index (χ4v) is 10.4. The number of nitrogens with one attached hydrogen (secondary N) is 2. The average Bonchev–Trinajstić information content (AvgIpc) is 4.14. The molecule has 3 aliphatic heterocycles. The fourth-order valence-electron chi connectivity index (χ4n) is 10.4. The van der Waals surface area contributed by atoms with E-state index in [1.165, 1.54) is 42.2 Å². The van der Waals surface area contributed by atoms with Gasteiger partial charge in [-0.05, 0) is 115 Å². The lowest BCUT2D eigenvalue weighted by atomic mass is 9.67. The third-order valence-electron chi connectivity index (χ3n) is 14.3. The molecular weight excluding hydrogens is 825 g/mol. The molecule has 2 aromatic carbocycles. The van der Waals surface area contributed by atoms with Crippen molar-refractivity contribution in [2.75, 3.05) is 7.11 Å². The molecule has 0 aliphatic carbocycles. The topological polar surface area (TPSA) is 92.9 Å². The molecule has 0 radical (unpaired) electrons. The number of aryl methyl sites for hydroxylation is 3. The van der Waals surface area contributed by atoms with Gasteiger partial charge >= 0.3 is 5.97 Å². The molecule has 0 saturated heterocycles. The zero-order valence-corrected chi connectivity index (χ0v) is 42.5. The highest BCUT2D eigenvalue weighted by Gasteiger charge is 2.43. The smallest absolute Gasteiger partial charge is 0.341 e. The van der Waals surface area contributed by atoms with Gasteiger partial charge in [-0.3, -0.25) is 0 Å². The van der Waals surface area contributed by atoms with Gasteiger partial charge in [0.1, 0.15) is 17.1 Å². The summed E-state index contributed by atoms with van der Waals surface area (Å²) in [6, 6.07) is 17.7. The van der Waals surface area contributed by atoms with Gasteiger partial charge in [-0.2, -0.15) is 0 Å². The van der Waals surface area contributed by atoms with Crippen molar-refractivity contribution < 1.29 is 14.3 Å². The molecule has 3 aliphatic rings. The maximum absolute atomic E-state index is 13.9. The molecule has 8 bridgehead atoms. The second-order valence-electron chi connectivity index (χ2n) is 21.7. The van der Waals surface area contributed by atoms with Crippen LogP contribution in [0.1, 0.15) is 206 Å². The molecular formula is C60H74N4O3. The van der Waals surface area contributed by atoms with E-state index in [9.17, 15) is 4.79 Å². The van der Waals surface area contributed by atoms with E-state index in [2.05, 4.69) is 153 Å². The van der Waals surface area contributed by atoms with Crippen LogP contribution in [-0.2, 0) is 40.2 Å². The van der Waals surface area contributed by atoms with Crippen molar-refractivity contribution in [3.63, 3.8) is 0 Å². The van der Waals surface area contributed by atoms with Gasteiger partial charge in [0.2, 0.25) is 0 Å². The molecule has 0 amide bonds. The van der Waals surface area contributed by atoms with Gasteiger partial charge in [0.05, 0.1) is 29.9 Å². The van der Waals surface area contributed by atoms with Gasteiger partial charge < -0.3 is 19.4 Å². The van der Waals surface area contributed by atoms with Crippen LogP contribution in [0, 0.1) is 0 Å². The van der Waals surface area contributed by atoms with E-state index in [0.717, 1.165) is 143 Å². The number of ether oxygens (including phenoxy) is 2. The maximum atomic E-state index is 13.9. The molecule has 8 rings (SSSR count). The van der Waals surface area contributed by atoms with E-state index in [4.69, 9.17) is 19.4 Å². The van der Waals surface area contributed by atoms with E-state index in [1.807, 2.05) is 6.07 Å². The molecule has 0 saturated carbocycles. The molecule has 352 valence electrons. The van der Waals surface area contributed by atoms with Crippen LogP contribution < -0.4 is 4.74 Å². The number of H-pyrrole nitrogens is 2. The molecule has 3 aromatic heterocycles. The third-order valence-corrected chi connectivity index (χ3v) is 14.3. The highest BCUT2D eigenvalue weighted by Crippen LogP contribution is 2.56. The Labute approximate surface area is 400 Å². The number of fused-ring (bicyclic) bond motifs is 10. The van der Waals surface area contributed by atoms with Gasteiger partial charge in [0.25, 0.3) is 0 Å². The van der Waals surface area contributed by atoms with Crippen LogP contribution in [-0.4, -0.2) is 33.0 Å². The maximum Gasteiger partial charge on any atom is 0.341 e. The first-order valence-electron chi connectivity index (χ1n) is 25.3. The lowest BCUT2D eigenvalue weighted by Crippen LogP contribution is -2.31. The molecule has 0 unspecified atom stereocenters. The monoisotopic (exact) mass is 899 g/mol. The fraction of sp³-hybridized carbons (Fsp3) is 0.450. The van der Waals surface area contributed by atoms with E-state index < -0.39 is 11.4 Å². The van der Waals surface area contributed by atoms with Crippen molar-refractivity contribution in [1.82, 2.24) is 19.9 Å². The molecule has 0 atom stereocenters. The molecule has 0 fully saturated rings. The van der Waals surface area contributed by atoms with Crippen LogP contribution in [0.2, 0.25) is 0 Å². The van der Waals surface area contributed by atoms with Crippen molar-refractivity contribution >= 4 is 52.3 Å². The molecule has 5 aromatic rings. The number of aromatic nitrogens is 4. The number of carbonyl (C=O) groups is 1. The summed E-state index contributed by atoms with van der Waals surface area (Å²) in [6.45, 7) is 24.7. The van der Waals surface area contributed by atoms with Crippen LogP contribution in [0.15, 0.2) is 48.5 Å².